The molecule has 2 N–H and O–H groups in total. The van der Waals surface area contributed by atoms with Gasteiger partial charge in [-0.2, -0.15) is 0 Å². The van der Waals surface area contributed by atoms with E-state index in [1.165, 1.54) is 11.9 Å². The average molecular weight is 371 g/mol. The Morgan fingerprint density at radius 3 is 2.82 bits per heavy atom. The van der Waals surface area contributed by atoms with E-state index >= 15 is 0 Å². The van der Waals surface area contributed by atoms with Crippen LogP contribution in [0.25, 0.3) is 0 Å². The first kappa shape index (κ1) is 18.0. The number of ether oxygens (including phenoxy) is 1. The largest absolute Gasteiger partial charge is 0.487 e. The van der Waals surface area contributed by atoms with Crippen molar-refractivity contribution in [1.29, 1.82) is 0 Å². The van der Waals surface area contributed by atoms with Gasteiger partial charge in [0.25, 0.3) is 0 Å². The van der Waals surface area contributed by atoms with Crippen molar-refractivity contribution in [3.63, 3.8) is 0 Å². The van der Waals surface area contributed by atoms with Crippen molar-refractivity contribution in [3.8, 4) is 5.75 Å². The predicted octanol–water partition coefficient (Wildman–Crippen LogP) is 3.20. The fraction of sp³-hybridized carbons (Fsp3) is 0.333. The van der Waals surface area contributed by atoms with Crippen LogP contribution in [0.3, 0.4) is 0 Å². The summed E-state index contributed by atoms with van der Waals surface area (Å²) in [6.07, 6.45) is 1.61. The molecule has 7 heteroatoms. The van der Waals surface area contributed by atoms with Crippen molar-refractivity contribution in [2.75, 3.05) is 25.5 Å². The topological polar surface area (TPSA) is 78.9 Å². The van der Waals surface area contributed by atoms with Crippen LogP contribution in [0.1, 0.15) is 6.92 Å². The Labute approximate surface area is 137 Å². The van der Waals surface area contributed by atoms with E-state index < -0.39 is 17.9 Å². The van der Waals surface area contributed by atoms with Crippen LogP contribution in [0, 0.1) is 5.92 Å². The molecule has 0 saturated heterocycles. The standard InChI is InChI=1S/C15H19BrN2O4/c1-4-7-22-13-6-5-11(16)8-12(13)17-15(21)18(3)9-10(2)14(19)20/h4-6,8,10H,1,7,9H2,2-3H3,(H,17,21)(H,19,20). The van der Waals surface area contributed by atoms with Gasteiger partial charge in [0.15, 0.2) is 0 Å². The molecule has 0 spiro atoms. The molecule has 0 radical (unpaired) electrons. The van der Waals surface area contributed by atoms with Crippen LogP contribution in [0.5, 0.6) is 5.75 Å². The summed E-state index contributed by atoms with van der Waals surface area (Å²) in [4.78, 5) is 24.3. The minimum Gasteiger partial charge on any atom is -0.487 e. The lowest BCUT2D eigenvalue weighted by Crippen LogP contribution is -2.36. The maximum Gasteiger partial charge on any atom is 0.321 e. The van der Waals surface area contributed by atoms with Crippen LogP contribution in [-0.4, -0.2) is 42.2 Å². The maximum atomic E-state index is 12.1. The lowest BCUT2D eigenvalue weighted by atomic mass is 10.2. The number of carboxylic acids is 1. The van der Waals surface area contributed by atoms with E-state index in [0.717, 1.165) is 4.47 Å². The van der Waals surface area contributed by atoms with E-state index in [1.54, 1.807) is 31.2 Å². The number of carbonyl (C=O) groups excluding carboxylic acids is 1. The summed E-state index contributed by atoms with van der Waals surface area (Å²) in [5.74, 6) is -1.08. The van der Waals surface area contributed by atoms with E-state index in [-0.39, 0.29) is 6.54 Å². The van der Waals surface area contributed by atoms with Gasteiger partial charge in [-0.15, -0.1) is 0 Å². The Morgan fingerprint density at radius 1 is 1.55 bits per heavy atom. The number of urea groups is 1. The Kier molecular flexibility index (Phi) is 6.91. The first-order valence-corrected chi connectivity index (χ1v) is 7.42. The summed E-state index contributed by atoms with van der Waals surface area (Å²) in [6, 6.07) is 4.83. The minimum absolute atomic E-state index is 0.109. The molecule has 0 aliphatic rings. The van der Waals surface area contributed by atoms with Gasteiger partial charge < -0.3 is 20.1 Å². The van der Waals surface area contributed by atoms with Crippen LogP contribution in [0.4, 0.5) is 10.5 Å². The molecule has 0 fully saturated rings. The monoisotopic (exact) mass is 370 g/mol. The van der Waals surface area contributed by atoms with Crippen molar-refractivity contribution in [1.82, 2.24) is 4.90 Å². The number of benzene rings is 1. The first-order valence-electron chi connectivity index (χ1n) is 6.63. The molecule has 1 aromatic carbocycles. The lowest BCUT2D eigenvalue weighted by Gasteiger charge is -2.21. The molecule has 1 atom stereocenters. The summed E-state index contributed by atoms with van der Waals surface area (Å²) in [5, 5.41) is 11.6. The van der Waals surface area contributed by atoms with Gasteiger partial charge in [0, 0.05) is 18.1 Å². The minimum atomic E-state index is -0.947. The molecule has 0 bridgehead atoms. The van der Waals surface area contributed by atoms with Crippen LogP contribution in [-0.2, 0) is 4.79 Å². The van der Waals surface area contributed by atoms with Gasteiger partial charge in [0.2, 0.25) is 0 Å². The number of amides is 2. The number of nitrogens with one attached hydrogen (secondary N) is 1. The van der Waals surface area contributed by atoms with Crippen LogP contribution in [0.15, 0.2) is 35.3 Å². The number of carboxylic acid groups (broad SMARTS) is 1. The Bertz CT molecular complexity index is 562. The van der Waals surface area contributed by atoms with Crippen molar-refractivity contribution in [2.45, 2.75) is 6.92 Å². The van der Waals surface area contributed by atoms with Gasteiger partial charge in [-0.1, -0.05) is 35.5 Å². The molecule has 1 rings (SSSR count). The molecule has 0 heterocycles. The molecular formula is C15H19BrN2O4. The molecule has 1 unspecified atom stereocenters. The number of halogens is 1. The summed E-state index contributed by atoms with van der Waals surface area (Å²) in [6.45, 7) is 5.55. The zero-order valence-corrected chi connectivity index (χ0v) is 14.1. The molecule has 6 nitrogen and oxygen atoms in total. The summed E-state index contributed by atoms with van der Waals surface area (Å²) >= 11 is 3.33. The SMILES string of the molecule is C=CCOc1ccc(Br)cc1NC(=O)N(C)CC(C)C(=O)O. The number of carbonyl (C=O) groups is 2. The summed E-state index contributed by atoms with van der Waals surface area (Å²) < 4.78 is 6.26. The first-order chi connectivity index (χ1) is 10.3. The molecule has 0 aliphatic carbocycles. The van der Waals surface area contributed by atoms with Gasteiger partial charge in [-0.25, -0.2) is 4.79 Å². The second-order valence-electron chi connectivity index (χ2n) is 4.79. The molecular weight excluding hydrogens is 352 g/mol. The molecule has 120 valence electrons. The van der Waals surface area contributed by atoms with E-state index in [9.17, 15) is 9.59 Å². The summed E-state index contributed by atoms with van der Waals surface area (Å²) in [5.41, 5.74) is 0.496. The highest BCUT2D eigenvalue weighted by Gasteiger charge is 2.18. The smallest absolute Gasteiger partial charge is 0.321 e. The third kappa shape index (κ3) is 5.40. The van der Waals surface area contributed by atoms with Crippen molar-refractivity contribution < 1.29 is 19.4 Å². The van der Waals surface area contributed by atoms with E-state index in [4.69, 9.17) is 9.84 Å². The lowest BCUT2D eigenvalue weighted by molar-refractivity contribution is -0.141. The number of aliphatic carboxylic acids is 1. The number of hydrogen-bond donors (Lipinski definition) is 2. The Hall–Kier alpha value is -2.02. The Balaban J connectivity index is 2.79. The van der Waals surface area contributed by atoms with E-state index in [0.29, 0.717) is 18.0 Å². The van der Waals surface area contributed by atoms with Crippen LogP contribution < -0.4 is 10.1 Å². The van der Waals surface area contributed by atoms with Gasteiger partial charge in [0.05, 0.1) is 11.6 Å². The molecule has 0 aliphatic heterocycles. The maximum absolute atomic E-state index is 12.1. The summed E-state index contributed by atoms with van der Waals surface area (Å²) in [7, 11) is 1.54. The fourth-order valence-electron chi connectivity index (χ4n) is 1.66. The third-order valence-electron chi connectivity index (χ3n) is 2.86. The normalized spacial score (nSPS) is 11.4. The molecule has 0 aromatic heterocycles. The Morgan fingerprint density at radius 2 is 2.23 bits per heavy atom. The van der Waals surface area contributed by atoms with Crippen molar-refractivity contribution in [2.24, 2.45) is 5.92 Å². The van der Waals surface area contributed by atoms with Crippen molar-refractivity contribution >= 4 is 33.6 Å². The molecule has 1 aromatic rings. The van der Waals surface area contributed by atoms with Crippen LogP contribution >= 0.6 is 15.9 Å². The number of anilines is 1. The number of hydrogen-bond acceptors (Lipinski definition) is 3. The quantitative estimate of drug-likeness (QED) is 0.722. The van der Waals surface area contributed by atoms with E-state index in [2.05, 4.69) is 27.8 Å². The van der Waals surface area contributed by atoms with Gasteiger partial charge in [0.1, 0.15) is 12.4 Å². The zero-order chi connectivity index (χ0) is 16.7. The predicted molar refractivity (Wildman–Crippen MR) is 88.3 cm³/mol. The second kappa shape index (κ2) is 8.43. The highest BCUT2D eigenvalue weighted by atomic mass is 79.9. The zero-order valence-electron chi connectivity index (χ0n) is 12.5. The van der Waals surface area contributed by atoms with Gasteiger partial charge in [-0.3, -0.25) is 4.79 Å². The number of nitrogens with zero attached hydrogens (tertiary/aromatic N) is 1. The average Bonchev–Trinajstić information content (AvgIpc) is 2.46. The van der Waals surface area contributed by atoms with Gasteiger partial charge in [-0.05, 0) is 18.2 Å². The molecule has 22 heavy (non-hydrogen) atoms. The highest BCUT2D eigenvalue weighted by Crippen LogP contribution is 2.28. The number of rotatable bonds is 7. The molecule has 2 amide bonds. The third-order valence-corrected chi connectivity index (χ3v) is 3.35. The molecule has 0 saturated carbocycles. The fourth-order valence-corrected chi connectivity index (χ4v) is 2.02. The van der Waals surface area contributed by atoms with Crippen molar-refractivity contribution in [3.05, 3.63) is 35.3 Å². The van der Waals surface area contributed by atoms with Gasteiger partial charge >= 0.3 is 12.0 Å². The second-order valence-corrected chi connectivity index (χ2v) is 5.71. The highest BCUT2D eigenvalue weighted by molar-refractivity contribution is 9.10. The van der Waals surface area contributed by atoms with Crippen LogP contribution in [0.2, 0.25) is 0 Å². The van der Waals surface area contributed by atoms with E-state index in [1.807, 2.05) is 0 Å².